The van der Waals surface area contributed by atoms with Gasteiger partial charge in [-0.2, -0.15) is 0 Å². The molecule has 1 saturated heterocycles. The lowest BCUT2D eigenvalue weighted by Gasteiger charge is -2.36. The normalized spacial score (nSPS) is 14.5. The summed E-state index contributed by atoms with van der Waals surface area (Å²) in [5.41, 5.74) is 0.414. The highest BCUT2D eigenvalue weighted by molar-refractivity contribution is 5.92. The van der Waals surface area contributed by atoms with Crippen molar-refractivity contribution >= 4 is 17.5 Å². The molecule has 0 bridgehead atoms. The van der Waals surface area contributed by atoms with Crippen molar-refractivity contribution in [2.75, 3.05) is 63.2 Å². The van der Waals surface area contributed by atoms with Gasteiger partial charge in [0, 0.05) is 45.0 Å². The standard InChI is InChI=1S/C19H27N7O/c1-24(2)9-5-8-21-19(27)16-14-18(23-15-22-16)26-12-10-25(11-13-26)17-6-3-4-7-20-17/h3-4,6-7,14-15H,5,8-13H2,1-2H3,(H,21,27). The molecule has 8 nitrogen and oxygen atoms in total. The molecular formula is C19H27N7O. The molecule has 3 heterocycles. The molecule has 8 heteroatoms. The lowest BCUT2D eigenvalue weighted by molar-refractivity contribution is 0.0947. The van der Waals surface area contributed by atoms with Gasteiger partial charge in [-0.05, 0) is 39.2 Å². The number of piperazine rings is 1. The van der Waals surface area contributed by atoms with E-state index >= 15 is 0 Å². The quantitative estimate of drug-likeness (QED) is 0.726. The molecule has 0 unspecified atom stereocenters. The lowest BCUT2D eigenvalue weighted by Crippen LogP contribution is -2.47. The monoisotopic (exact) mass is 369 g/mol. The van der Waals surface area contributed by atoms with Crippen LogP contribution in [0.1, 0.15) is 16.9 Å². The Bertz CT molecular complexity index is 730. The van der Waals surface area contributed by atoms with Gasteiger partial charge < -0.3 is 20.0 Å². The molecule has 1 N–H and O–H groups in total. The first-order valence-corrected chi connectivity index (χ1v) is 9.29. The van der Waals surface area contributed by atoms with Crippen LogP contribution in [0.25, 0.3) is 0 Å². The van der Waals surface area contributed by atoms with E-state index in [4.69, 9.17) is 0 Å². The molecule has 3 rings (SSSR count). The van der Waals surface area contributed by atoms with Crippen LogP contribution in [0.3, 0.4) is 0 Å². The Kier molecular flexibility index (Phi) is 6.54. The molecule has 0 atom stereocenters. The van der Waals surface area contributed by atoms with E-state index in [-0.39, 0.29) is 5.91 Å². The molecular weight excluding hydrogens is 342 g/mol. The molecule has 144 valence electrons. The summed E-state index contributed by atoms with van der Waals surface area (Å²) in [5, 5.41) is 2.92. The molecule has 2 aromatic heterocycles. The fourth-order valence-electron chi connectivity index (χ4n) is 3.04. The minimum absolute atomic E-state index is 0.149. The Labute approximate surface area is 160 Å². The van der Waals surface area contributed by atoms with Crippen LogP contribution in [0.4, 0.5) is 11.6 Å². The third kappa shape index (κ3) is 5.37. The number of hydrogen-bond acceptors (Lipinski definition) is 7. The minimum atomic E-state index is -0.149. The van der Waals surface area contributed by atoms with Gasteiger partial charge in [-0.15, -0.1) is 0 Å². The average molecular weight is 369 g/mol. The summed E-state index contributed by atoms with van der Waals surface area (Å²) in [6.07, 6.45) is 4.19. The van der Waals surface area contributed by atoms with E-state index in [0.717, 1.165) is 50.8 Å². The number of rotatable bonds is 7. The first-order chi connectivity index (χ1) is 13.1. The number of amides is 1. The van der Waals surface area contributed by atoms with Crippen molar-refractivity contribution in [2.45, 2.75) is 6.42 Å². The second kappa shape index (κ2) is 9.27. The molecule has 0 radical (unpaired) electrons. The van der Waals surface area contributed by atoms with E-state index in [2.05, 4.69) is 35.0 Å². The molecule has 0 aliphatic carbocycles. The highest BCUT2D eigenvalue weighted by Gasteiger charge is 2.20. The second-order valence-electron chi connectivity index (χ2n) is 6.84. The Morgan fingerprint density at radius 2 is 1.81 bits per heavy atom. The highest BCUT2D eigenvalue weighted by atomic mass is 16.1. The van der Waals surface area contributed by atoms with Crippen LogP contribution in [-0.2, 0) is 0 Å². The van der Waals surface area contributed by atoms with E-state index in [0.29, 0.717) is 12.2 Å². The van der Waals surface area contributed by atoms with E-state index in [1.165, 1.54) is 6.33 Å². The molecule has 27 heavy (non-hydrogen) atoms. The first kappa shape index (κ1) is 19.0. The van der Waals surface area contributed by atoms with Crippen molar-refractivity contribution in [1.29, 1.82) is 0 Å². The summed E-state index contributed by atoms with van der Waals surface area (Å²) in [7, 11) is 4.04. The number of pyridine rings is 1. The predicted molar refractivity (Wildman–Crippen MR) is 106 cm³/mol. The topological polar surface area (TPSA) is 77.5 Å². The molecule has 0 spiro atoms. The third-order valence-electron chi connectivity index (χ3n) is 4.53. The fraction of sp³-hybridized carbons (Fsp3) is 0.474. The third-order valence-corrected chi connectivity index (χ3v) is 4.53. The van der Waals surface area contributed by atoms with Crippen LogP contribution in [-0.4, -0.2) is 79.1 Å². The number of anilines is 2. The zero-order valence-corrected chi connectivity index (χ0v) is 16.0. The van der Waals surface area contributed by atoms with E-state index in [1.807, 2.05) is 38.5 Å². The predicted octanol–water partition coefficient (Wildman–Crippen LogP) is 0.880. The SMILES string of the molecule is CN(C)CCCNC(=O)c1cc(N2CCN(c3ccccn3)CC2)ncn1. The fourth-order valence-corrected chi connectivity index (χ4v) is 3.04. The molecule has 1 aliphatic rings. The molecule has 2 aromatic rings. The Hall–Kier alpha value is -2.74. The summed E-state index contributed by atoms with van der Waals surface area (Å²) < 4.78 is 0. The summed E-state index contributed by atoms with van der Waals surface area (Å²) in [6, 6.07) is 7.73. The summed E-state index contributed by atoms with van der Waals surface area (Å²) in [6.45, 7) is 4.98. The van der Waals surface area contributed by atoms with Crippen LogP contribution >= 0.6 is 0 Å². The van der Waals surface area contributed by atoms with Gasteiger partial charge in [-0.25, -0.2) is 15.0 Å². The smallest absolute Gasteiger partial charge is 0.270 e. The number of nitrogens with zero attached hydrogens (tertiary/aromatic N) is 6. The van der Waals surface area contributed by atoms with Crippen LogP contribution in [0.2, 0.25) is 0 Å². The van der Waals surface area contributed by atoms with Crippen molar-refractivity contribution in [1.82, 2.24) is 25.2 Å². The summed E-state index contributed by atoms with van der Waals surface area (Å²) in [5.74, 6) is 1.64. The molecule has 0 saturated carbocycles. The van der Waals surface area contributed by atoms with E-state index < -0.39 is 0 Å². The number of carbonyl (C=O) groups excluding carboxylic acids is 1. The van der Waals surface area contributed by atoms with E-state index in [1.54, 1.807) is 6.07 Å². The van der Waals surface area contributed by atoms with Gasteiger partial charge in [-0.1, -0.05) is 6.07 Å². The maximum Gasteiger partial charge on any atom is 0.270 e. The zero-order chi connectivity index (χ0) is 19.1. The number of nitrogens with one attached hydrogen (secondary N) is 1. The number of aromatic nitrogens is 3. The van der Waals surface area contributed by atoms with Crippen LogP contribution in [0, 0.1) is 0 Å². The maximum atomic E-state index is 12.3. The van der Waals surface area contributed by atoms with Gasteiger partial charge in [0.2, 0.25) is 0 Å². The van der Waals surface area contributed by atoms with Crippen molar-refractivity contribution in [3.8, 4) is 0 Å². The molecule has 1 fully saturated rings. The number of hydrogen-bond donors (Lipinski definition) is 1. The average Bonchev–Trinajstić information content (AvgIpc) is 2.72. The molecule has 0 aromatic carbocycles. The maximum absolute atomic E-state index is 12.3. The number of carbonyl (C=O) groups is 1. The van der Waals surface area contributed by atoms with E-state index in [9.17, 15) is 4.79 Å². The van der Waals surface area contributed by atoms with Gasteiger partial charge in [0.05, 0.1) is 0 Å². The summed E-state index contributed by atoms with van der Waals surface area (Å²) in [4.78, 5) is 31.7. The van der Waals surface area contributed by atoms with Crippen LogP contribution in [0.5, 0.6) is 0 Å². The molecule has 1 aliphatic heterocycles. The Morgan fingerprint density at radius 3 is 2.48 bits per heavy atom. The van der Waals surface area contributed by atoms with Gasteiger partial charge in [0.25, 0.3) is 5.91 Å². The second-order valence-corrected chi connectivity index (χ2v) is 6.84. The zero-order valence-electron chi connectivity index (χ0n) is 16.0. The minimum Gasteiger partial charge on any atom is -0.353 e. The largest absolute Gasteiger partial charge is 0.353 e. The van der Waals surface area contributed by atoms with Crippen LogP contribution in [0.15, 0.2) is 36.8 Å². The van der Waals surface area contributed by atoms with Gasteiger partial charge in [0.1, 0.15) is 23.7 Å². The molecule has 1 amide bonds. The lowest BCUT2D eigenvalue weighted by atomic mass is 10.2. The van der Waals surface area contributed by atoms with Crippen molar-refractivity contribution in [2.24, 2.45) is 0 Å². The van der Waals surface area contributed by atoms with Crippen molar-refractivity contribution < 1.29 is 4.79 Å². The van der Waals surface area contributed by atoms with Crippen LogP contribution < -0.4 is 15.1 Å². The van der Waals surface area contributed by atoms with Crippen molar-refractivity contribution in [3.05, 3.63) is 42.5 Å². The first-order valence-electron chi connectivity index (χ1n) is 9.29. The van der Waals surface area contributed by atoms with Crippen molar-refractivity contribution in [3.63, 3.8) is 0 Å². The summed E-state index contributed by atoms with van der Waals surface area (Å²) >= 11 is 0. The Balaban J connectivity index is 1.54. The van der Waals surface area contributed by atoms with Gasteiger partial charge in [-0.3, -0.25) is 4.79 Å². The highest BCUT2D eigenvalue weighted by Crippen LogP contribution is 2.17. The van der Waals surface area contributed by atoms with Gasteiger partial charge >= 0.3 is 0 Å². The Morgan fingerprint density at radius 1 is 1.07 bits per heavy atom. The van der Waals surface area contributed by atoms with Gasteiger partial charge in [0.15, 0.2) is 0 Å².